The zero-order valence-electron chi connectivity index (χ0n) is 21.6. The Kier molecular flexibility index (Phi) is 20.5. The van der Waals surface area contributed by atoms with Gasteiger partial charge in [-0.1, -0.05) is 69.8 Å². The summed E-state index contributed by atoms with van der Waals surface area (Å²) in [5.41, 5.74) is 0. The Morgan fingerprint density at radius 3 is 2.09 bits per heavy atom. The lowest BCUT2D eigenvalue weighted by Crippen LogP contribution is -2.37. The molecular weight excluding hydrogens is 441 g/mol. The highest BCUT2D eigenvalue weighted by atomic mass is 31.2. The summed E-state index contributed by atoms with van der Waals surface area (Å²) in [6.45, 7) is 3.06. The number of quaternary nitrogens is 1. The number of aliphatic hydroxyl groups excluding tert-OH is 1. The Bertz CT molecular complexity index is 548. The lowest BCUT2D eigenvalue weighted by molar-refractivity contribution is -0.870. The first-order chi connectivity index (χ1) is 15.7. The van der Waals surface area contributed by atoms with Crippen LogP contribution in [0.15, 0.2) is 24.3 Å². The van der Waals surface area contributed by atoms with E-state index in [2.05, 4.69) is 31.2 Å². The number of hydrogen-bond donors (Lipinski definition) is 1. The molecule has 2 atom stereocenters. The molecule has 1 N–H and O–H groups in total. The minimum absolute atomic E-state index is 0.0460. The molecule has 0 aromatic rings. The fourth-order valence-electron chi connectivity index (χ4n) is 2.91. The smallest absolute Gasteiger partial charge is 0.268 e. The number of phosphoric ester groups is 1. The molecule has 0 aliphatic rings. The number of unbranched alkanes of at least 4 members (excludes halogenated alkanes) is 8. The minimum atomic E-state index is -4.39. The molecule has 0 heterocycles. The third kappa shape index (κ3) is 25.9. The van der Waals surface area contributed by atoms with E-state index >= 15 is 0 Å². The highest BCUT2D eigenvalue weighted by Gasteiger charge is 2.15. The SMILES string of the molecule is CCCC/C=C\C/C=C\CCCCCCCCOCC(O)COP(=O)([O-])OCC[N+](C)(C)C. The molecule has 33 heavy (non-hydrogen) atoms. The van der Waals surface area contributed by atoms with Crippen LogP contribution in [-0.2, 0) is 18.3 Å². The first-order valence-corrected chi connectivity index (χ1v) is 14.1. The van der Waals surface area contributed by atoms with Gasteiger partial charge in [0.1, 0.15) is 19.3 Å². The van der Waals surface area contributed by atoms with Gasteiger partial charge in [0.05, 0.1) is 34.4 Å². The lowest BCUT2D eigenvalue weighted by atomic mass is 10.1. The normalized spacial score (nSPS) is 15.5. The van der Waals surface area contributed by atoms with Gasteiger partial charge in [-0.15, -0.1) is 0 Å². The van der Waals surface area contributed by atoms with E-state index in [0.29, 0.717) is 17.6 Å². The molecule has 0 aliphatic heterocycles. The van der Waals surface area contributed by atoms with Crippen molar-refractivity contribution in [2.75, 3.05) is 54.1 Å². The number of allylic oxidation sites excluding steroid dienone is 4. The summed E-state index contributed by atoms with van der Waals surface area (Å²) in [5, 5.41) is 9.81. The number of likely N-dealkylation sites (N-methyl/N-ethyl adjacent to an activating group) is 1. The van der Waals surface area contributed by atoms with E-state index in [-0.39, 0.29) is 19.8 Å². The van der Waals surface area contributed by atoms with Gasteiger partial charge in [0, 0.05) is 6.61 Å². The average molecular weight is 492 g/mol. The molecule has 0 amide bonds. The van der Waals surface area contributed by atoms with Crippen molar-refractivity contribution in [3.63, 3.8) is 0 Å². The maximum Gasteiger partial charge on any atom is 0.268 e. The van der Waals surface area contributed by atoms with Gasteiger partial charge in [-0.3, -0.25) is 4.57 Å². The van der Waals surface area contributed by atoms with Crippen LogP contribution in [0, 0.1) is 0 Å². The van der Waals surface area contributed by atoms with Gasteiger partial charge in [-0.25, -0.2) is 0 Å². The minimum Gasteiger partial charge on any atom is -0.756 e. The number of aliphatic hydroxyl groups is 1. The highest BCUT2D eigenvalue weighted by molar-refractivity contribution is 7.45. The van der Waals surface area contributed by atoms with E-state index in [0.717, 1.165) is 25.7 Å². The highest BCUT2D eigenvalue weighted by Crippen LogP contribution is 2.38. The molecule has 7 nitrogen and oxygen atoms in total. The van der Waals surface area contributed by atoms with Gasteiger partial charge < -0.3 is 28.3 Å². The van der Waals surface area contributed by atoms with Gasteiger partial charge >= 0.3 is 0 Å². The molecule has 2 unspecified atom stereocenters. The molecule has 0 spiro atoms. The number of ether oxygens (including phenoxy) is 1. The zero-order valence-corrected chi connectivity index (χ0v) is 22.5. The summed E-state index contributed by atoms with van der Waals surface area (Å²) in [4.78, 5) is 11.7. The molecule has 0 bridgehead atoms. The van der Waals surface area contributed by atoms with Gasteiger partial charge in [0.15, 0.2) is 0 Å². The Balaban J connectivity index is 3.48. The summed E-state index contributed by atoms with van der Waals surface area (Å²) in [7, 11) is 1.43. The van der Waals surface area contributed by atoms with Crippen LogP contribution in [0.25, 0.3) is 0 Å². The van der Waals surface area contributed by atoms with Gasteiger partial charge in [-0.05, 0) is 32.1 Å². The van der Waals surface area contributed by atoms with E-state index in [9.17, 15) is 14.6 Å². The van der Waals surface area contributed by atoms with Crippen LogP contribution in [0.4, 0.5) is 0 Å². The van der Waals surface area contributed by atoms with Crippen molar-refractivity contribution in [1.29, 1.82) is 0 Å². The average Bonchev–Trinajstić information content (AvgIpc) is 2.73. The molecule has 0 fully saturated rings. The predicted molar refractivity (Wildman–Crippen MR) is 134 cm³/mol. The molecule has 0 aliphatic carbocycles. The summed E-state index contributed by atoms with van der Waals surface area (Å²) in [5.74, 6) is 0. The zero-order chi connectivity index (χ0) is 24.8. The fraction of sp³-hybridized carbons (Fsp3) is 0.840. The predicted octanol–water partition coefficient (Wildman–Crippen LogP) is 5.00. The van der Waals surface area contributed by atoms with Crippen LogP contribution >= 0.6 is 7.82 Å². The van der Waals surface area contributed by atoms with E-state index in [1.54, 1.807) is 0 Å². The standard InChI is InChI=1S/C25H50NO6P/c1-5-6-7-8-9-10-11-12-13-14-15-16-17-18-19-21-30-23-25(27)24-32-33(28,29)31-22-20-26(2,3)4/h8-9,11-12,25,27H,5-7,10,13-24H2,1-4H3/b9-8-,12-11-. The summed E-state index contributed by atoms with van der Waals surface area (Å²) < 4.78 is 27.2. The topological polar surface area (TPSA) is 88.0 Å². The van der Waals surface area contributed by atoms with E-state index in [1.165, 1.54) is 44.9 Å². The van der Waals surface area contributed by atoms with Gasteiger partial charge in [0.25, 0.3) is 7.82 Å². The van der Waals surface area contributed by atoms with Crippen LogP contribution in [-0.4, -0.2) is 69.8 Å². The Morgan fingerprint density at radius 2 is 1.45 bits per heavy atom. The van der Waals surface area contributed by atoms with Crippen LogP contribution in [0.3, 0.4) is 0 Å². The van der Waals surface area contributed by atoms with Crippen molar-refractivity contribution in [3.8, 4) is 0 Å². The first-order valence-electron chi connectivity index (χ1n) is 12.6. The summed E-state index contributed by atoms with van der Waals surface area (Å²) in [6, 6.07) is 0. The second-order valence-corrected chi connectivity index (χ2v) is 11.0. The van der Waals surface area contributed by atoms with Crippen molar-refractivity contribution in [1.82, 2.24) is 0 Å². The maximum absolute atomic E-state index is 11.7. The quantitative estimate of drug-likeness (QED) is 0.0937. The van der Waals surface area contributed by atoms with Gasteiger partial charge in [0.2, 0.25) is 0 Å². The Morgan fingerprint density at radius 1 is 0.848 bits per heavy atom. The number of nitrogens with zero attached hydrogens (tertiary/aromatic N) is 1. The summed E-state index contributed by atoms with van der Waals surface area (Å²) >= 11 is 0. The molecule has 0 aromatic heterocycles. The number of hydrogen-bond acceptors (Lipinski definition) is 6. The van der Waals surface area contributed by atoms with Crippen LogP contribution in [0.2, 0.25) is 0 Å². The Labute approximate surface area is 203 Å². The molecule has 0 aromatic carbocycles. The fourth-order valence-corrected chi connectivity index (χ4v) is 3.65. The van der Waals surface area contributed by atoms with Crippen molar-refractivity contribution >= 4 is 7.82 Å². The van der Waals surface area contributed by atoms with E-state index in [4.69, 9.17) is 13.8 Å². The van der Waals surface area contributed by atoms with E-state index < -0.39 is 13.9 Å². The van der Waals surface area contributed by atoms with Crippen LogP contribution < -0.4 is 4.89 Å². The van der Waals surface area contributed by atoms with Crippen molar-refractivity contribution in [3.05, 3.63) is 24.3 Å². The molecule has 0 radical (unpaired) electrons. The molecular formula is C25H50NO6P. The van der Waals surface area contributed by atoms with Crippen molar-refractivity contribution in [2.24, 2.45) is 0 Å². The number of phosphoric acid groups is 1. The van der Waals surface area contributed by atoms with Crippen molar-refractivity contribution < 1.29 is 32.8 Å². The third-order valence-electron chi connectivity index (χ3n) is 4.99. The molecule has 0 rings (SSSR count). The molecule has 0 saturated heterocycles. The molecule has 196 valence electrons. The third-order valence-corrected chi connectivity index (χ3v) is 5.95. The van der Waals surface area contributed by atoms with Gasteiger partial charge in [-0.2, -0.15) is 0 Å². The molecule has 8 heteroatoms. The number of rotatable bonds is 23. The molecule has 0 saturated carbocycles. The largest absolute Gasteiger partial charge is 0.756 e. The van der Waals surface area contributed by atoms with Crippen molar-refractivity contribution in [2.45, 2.75) is 83.7 Å². The van der Waals surface area contributed by atoms with E-state index in [1.807, 2.05) is 21.1 Å². The first kappa shape index (κ1) is 32.5. The van der Waals surface area contributed by atoms with Crippen LogP contribution in [0.5, 0.6) is 0 Å². The monoisotopic (exact) mass is 491 g/mol. The maximum atomic E-state index is 11.7. The second kappa shape index (κ2) is 20.8. The second-order valence-electron chi connectivity index (χ2n) is 9.55. The van der Waals surface area contributed by atoms with Crippen LogP contribution in [0.1, 0.15) is 77.6 Å². The summed E-state index contributed by atoms with van der Waals surface area (Å²) in [6.07, 6.45) is 21.0. The Hall–Kier alpha value is -0.530. The lowest BCUT2D eigenvalue weighted by Gasteiger charge is -2.27.